The fourth-order valence-corrected chi connectivity index (χ4v) is 3.02. The number of carboxylic acids is 1. The van der Waals surface area contributed by atoms with Gasteiger partial charge in [0.1, 0.15) is 5.75 Å². The topological polar surface area (TPSA) is 53.0 Å². The first-order valence-corrected chi connectivity index (χ1v) is 7.37. The second kappa shape index (κ2) is 7.11. The molecule has 1 aromatic carbocycles. The van der Waals surface area contributed by atoms with Gasteiger partial charge in [-0.2, -0.15) is 0 Å². The van der Waals surface area contributed by atoms with Gasteiger partial charge in [0.2, 0.25) is 0 Å². The van der Waals surface area contributed by atoms with E-state index in [1.807, 2.05) is 12.1 Å². The number of ether oxygens (including phenoxy) is 1. The maximum atomic E-state index is 11.3. The molecule has 0 radical (unpaired) electrons. The zero-order chi connectivity index (χ0) is 15.4. The lowest BCUT2D eigenvalue weighted by Crippen LogP contribution is -2.46. The van der Waals surface area contributed by atoms with Gasteiger partial charge >= 0.3 is 5.97 Å². The fraction of sp³-hybridized carbons (Fsp3) is 0.533. The molecule has 1 fully saturated rings. The Labute approximate surface area is 130 Å². The first-order valence-electron chi connectivity index (χ1n) is 6.99. The number of likely N-dealkylation sites (N-methyl/N-ethyl adjacent to an activating group) is 1. The lowest BCUT2D eigenvalue weighted by atomic mass is 9.99. The molecule has 1 aliphatic heterocycles. The highest BCUT2D eigenvalue weighted by molar-refractivity contribution is 6.31. The van der Waals surface area contributed by atoms with E-state index in [1.54, 1.807) is 13.2 Å². The third kappa shape index (κ3) is 3.87. The van der Waals surface area contributed by atoms with Crippen molar-refractivity contribution in [2.45, 2.75) is 12.5 Å². The van der Waals surface area contributed by atoms with E-state index in [0.29, 0.717) is 10.8 Å². The van der Waals surface area contributed by atoms with Crippen molar-refractivity contribution in [1.29, 1.82) is 0 Å². The van der Waals surface area contributed by atoms with E-state index in [-0.39, 0.29) is 12.5 Å². The molecule has 0 spiro atoms. The molecule has 6 heteroatoms. The van der Waals surface area contributed by atoms with Gasteiger partial charge in [0.15, 0.2) is 0 Å². The molecule has 0 aromatic heterocycles. The molecular formula is C15H21ClN2O3. The van der Waals surface area contributed by atoms with Crippen LogP contribution in [-0.4, -0.2) is 61.2 Å². The molecule has 1 saturated heterocycles. The minimum absolute atomic E-state index is 0.0177. The molecule has 1 heterocycles. The van der Waals surface area contributed by atoms with E-state index in [4.69, 9.17) is 16.3 Å². The van der Waals surface area contributed by atoms with Crippen molar-refractivity contribution >= 4 is 17.6 Å². The molecule has 1 unspecified atom stereocenters. The third-order valence-electron chi connectivity index (χ3n) is 3.91. The van der Waals surface area contributed by atoms with Crippen LogP contribution in [0.15, 0.2) is 18.2 Å². The predicted molar refractivity (Wildman–Crippen MR) is 82.1 cm³/mol. The SMILES string of the molecule is COc1cccc(Cl)c1C(CC(=O)O)N1CCN(C)CC1. The Balaban J connectivity index is 2.34. The number of methoxy groups -OCH3 is 1. The molecule has 1 aromatic rings. The summed E-state index contributed by atoms with van der Waals surface area (Å²) in [6, 6.07) is 5.16. The van der Waals surface area contributed by atoms with Crippen LogP contribution < -0.4 is 4.74 Å². The fourth-order valence-electron chi connectivity index (χ4n) is 2.73. The number of rotatable bonds is 5. The van der Waals surface area contributed by atoms with Gasteiger partial charge in [-0.3, -0.25) is 9.69 Å². The van der Waals surface area contributed by atoms with Gasteiger partial charge in [-0.1, -0.05) is 17.7 Å². The average molecular weight is 313 g/mol. The first-order chi connectivity index (χ1) is 10.0. The highest BCUT2D eigenvalue weighted by Gasteiger charge is 2.29. The summed E-state index contributed by atoms with van der Waals surface area (Å²) in [5, 5.41) is 9.82. The number of benzene rings is 1. The van der Waals surface area contributed by atoms with Crippen LogP contribution in [0.5, 0.6) is 5.75 Å². The summed E-state index contributed by atoms with van der Waals surface area (Å²) in [6.07, 6.45) is 0.0177. The van der Waals surface area contributed by atoms with Gasteiger partial charge < -0.3 is 14.7 Å². The van der Waals surface area contributed by atoms with Gasteiger partial charge in [-0.15, -0.1) is 0 Å². The van der Waals surface area contributed by atoms with Crippen LogP contribution in [0.2, 0.25) is 5.02 Å². The van der Waals surface area contributed by atoms with Crippen molar-refractivity contribution in [1.82, 2.24) is 9.80 Å². The second-order valence-electron chi connectivity index (χ2n) is 5.31. The van der Waals surface area contributed by atoms with Crippen LogP contribution in [0.1, 0.15) is 18.0 Å². The van der Waals surface area contributed by atoms with Gasteiger partial charge in [0, 0.05) is 36.8 Å². The average Bonchev–Trinajstić information content (AvgIpc) is 2.45. The molecule has 2 rings (SSSR count). The summed E-state index contributed by atoms with van der Waals surface area (Å²) in [5.41, 5.74) is 0.772. The van der Waals surface area contributed by atoms with Gasteiger partial charge in [0.25, 0.3) is 0 Å². The molecule has 0 saturated carbocycles. The number of piperazine rings is 1. The predicted octanol–water partition coefficient (Wildman–Crippen LogP) is 2.11. The standard InChI is InChI=1S/C15H21ClN2O3/c1-17-6-8-18(9-7-17)12(10-14(19)20)15-11(16)4-3-5-13(15)21-2/h3-5,12H,6-10H2,1-2H3,(H,19,20). The van der Waals surface area contributed by atoms with E-state index in [9.17, 15) is 9.90 Å². The number of hydrogen-bond acceptors (Lipinski definition) is 4. The van der Waals surface area contributed by atoms with E-state index in [0.717, 1.165) is 31.7 Å². The van der Waals surface area contributed by atoms with E-state index < -0.39 is 5.97 Å². The molecule has 21 heavy (non-hydrogen) atoms. The Hall–Kier alpha value is -1.30. The highest BCUT2D eigenvalue weighted by Crippen LogP contribution is 2.37. The summed E-state index contributed by atoms with van der Waals surface area (Å²) in [5.74, 6) is -0.187. The minimum atomic E-state index is -0.832. The van der Waals surface area contributed by atoms with Crippen LogP contribution in [-0.2, 0) is 4.79 Å². The molecule has 116 valence electrons. The molecule has 5 nitrogen and oxygen atoms in total. The summed E-state index contributed by atoms with van der Waals surface area (Å²) >= 11 is 6.32. The van der Waals surface area contributed by atoms with Crippen LogP contribution >= 0.6 is 11.6 Å². The maximum absolute atomic E-state index is 11.3. The van der Waals surface area contributed by atoms with Gasteiger partial charge in [0.05, 0.1) is 19.6 Å². The summed E-state index contributed by atoms with van der Waals surface area (Å²) < 4.78 is 5.39. The number of aliphatic carboxylic acids is 1. The lowest BCUT2D eigenvalue weighted by Gasteiger charge is -2.38. The largest absolute Gasteiger partial charge is 0.496 e. The van der Waals surface area contributed by atoms with Gasteiger partial charge in [-0.05, 0) is 19.2 Å². The molecule has 1 N–H and O–H groups in total. The van der Waals surface area contributed by atoms with Crippen LogP contribution in [0.25, 0.3) is 0 Å². The van der Waals surface area contributed by atoms with Crippen molar-refractivity contribution in [2.75, 3.05) is 40.3 Å². The quantitative estimate of drug-likeness (QED) is 0.902. The normalized spacial score (nSPS) is 18.4. The Morgan fingerprint density at radius 1 is 1.38 bits per heavy atom. The first kappa shape index (κ1) is 16.1. The minimum Gasteiger partial charge on any atom is -0.496 e. The van der Waals surface area contributed by atoms with Crippen molar-refractivity contribution in [2.24, 2.45) is 0 Å². The summed E-state index contributed by atoms with van der Waals surface area (Å²) in [6.45, 7) is 3.48. The number of halogens is 1. The third-order valence-corrected chi connectivity index (χ3v) is 4.24. The highest BCUT2D eigenvalue weighted by atomic mass is 35.5. The number of carbonyl (C=O) groups is 1. The van der Waals surface area contributed by atoms with Gasteiger partial charge in [-0.25, -0.2) is 0 Å². The van der Waals surface area contributed by atoms with Crippen LogP contribution in [0, 0.1) is 0 Å². The Morgan fingerprint density at radius 3 is 2.62 bits per heavy atom. The van der Waals surface area contributed by atoms with Crippen molar-refractivity contribution < 1.29 is 14.6 Å². The lowest BCUT2D eigenvalue weighted by molar-refractivity contribution is -0.138. The van der Waals surface area contributed by atoms with E-state index in [1.165, 1.54) is 0 Å². The molecule has 1 atom stereocenters. The number of carboxylic acid groups (broad SMARTS) is 1. The zero-order valence-corrected chi connectivity index (χ0v) is 13.1. The van der Waals surface area contributed by atoms with Crippen molar-refractivity contribution in [3.63, 3.8) is 0 Å². The Kier molecular flexibility index (Phi) is 5.45. The monoisotopic (exact) mass is 312 g/mol. The van der Waals surface area contributed by atoms with Crippen molar-refractivity contribution in [3.05, 3.63) is 28.8 Å². The zero-order valence-electron chi connectivity index (χ0n) is 12.4. The molecular weight excluding hydrogens is 292 g/mol. The smallest absolute Gasteiger partial charge is 0.305 e. The number of hydrogen-bond donors (Lipinski definition) is 1. The van der Waals surface area contributed by atoms with E-state index in [2.05, 4.69) is 16.8 Å². The Morgan fingerprint density at radius 2 is 2.05 bits per heavy atom. The summed E-state index contributed by atoms with van der Waals surface area (Å²) in [7, 11) is 3.65. The Bertz CT molecular complexity index is 502. The molecule has 0 bridgehead atoms. The van der Waals surface area contributed by atoms with Crippen LogP contribution in [0.3, 0.4) is 0 Å². The molecule has 1 aliphatic rings. The molecule has 0 aliphatic carbocycles. The summed E-state index contributed by atoms with van der Waals surface area (Å²) in [4.78, 5) is 15.7. The van der Waals surface area contributed by atoms with Crippen LogP contribution in [0.4, 0.5) is 0 Å². The second-order valence-corrected chi connectivity index (χ2v) is 5.72. The van der Waals surface area contributed by atoms with E-state index >= 15 is 0 Å². The van der Waals surface area contributed by atoms with Crippen molar-refractivity contribution in [3.8, 4) is 5.75 Å². The number of nitrogens with zero attached hydrogens (tertiary/aromatic N) is 2. The molecule has 0 amide bonds. The maximum Gasteiger partial charge on any atom is 0.305 e.